The van der Waals surface area contributed by atoms with E-state index in [2.05, 4.69) is 20.2 Å². The van der Waals surface area contributed by atoms with Crippen LogP contribution in [-0.2, 0) is 19.9 Å². The van der Waals surface area contributed by atoms with Gasteiger partial charge < -0.3 is 9.15 Å². The summed E-state index contributed by atoms with van der Waals surface area (Å²) in [5.74, 6) is 0.0679. The van der Waals surface area contributed by atoms with Gasteiger partial charge in [-0.05, 0) is 72.8 Å². The number of benzene rings is 3. The monoisotopic (exact) mass is 528 g/mol. The summed E-state index contributed by atoms with van der Waals surface area (Å²) in [6.45, 7) is 0. The maximum absolute atomic E-state index is 12.6. The molecule has 0 saturated carbocycles. The van der Waals surface area contributed by atoms with E-state index in [0.717, 1.165) is 6.26 Å². The second kappa shape index (κ2) is 9.79. The Bertz CT molecular complexity index is 1600. The van der Waals surface area contributed by atoms with Gasteiger partial charge in [-0.1, -0.05) is 5.10 Å². The lowest BCUT2D eigenvalue weighted by molar-refractivity contribution is 0.102. The van der Waals surface area contributed by atoms with Crippen LogP contribution in [0.3, 0.4) is 0 Å². The number of sulfonamides is 1. The maximum Gasteiger partial charge on any atom is 0.322 e. The van der Waals surface area contributed by atoms with Crippen molar-refractivity contribution in [2.75, 3.05) is 23.4 Å². The zero-order chi connectivity index (χ0) is 25.9. The van der Waals surface area contributed by atoms with E-state index in [-0.39, 0.29) is 32.9 Å². The van der Waals surface area contributed by atoms with Crippen molar-refractivity contribution in [3.8, 4) is 17.2 Å². The Morgan fingerprint density at radius 3 is 2.03 bits per heavy atom. The van der Waals surface area contributed by atoms with Gasteiger partial charge in [0, 0.05) is 23.1 Å². The fourth-order valence-corrected chi connectivity index (χ4v) is 4.75. The van der Waals surface area contributed by atoms with E-state index in [1.807, 2.05) is 0 Å². The third-order valence-electron chi connectivity index (χ3n) is 4.94. The maximum atomic E-state index is 12.6. The van der Waals surface area contributed by atoms with Crippen molar-refractivity contribution >= 4 is 37.5 Å². The zero-order valence-electron chi connectivity index (χ0n) is 19.0. The summed E-state index contributed by atoms with van der Waals surface area (Å²) < 4.78 is 61.2. The molecule has 36 heavy (non-hydrogen) atoms. The number of ether oxygens (including phenoxy) is 1. The lowest BCUT2D eigenvalue weighted by Crippen LogP contribution is -2.14. The number of rotatable bonds is 8. The fraction of sp³-hybridized carbons (Fsp3) is 0.0870. The highest BCUT2D eigenvalue weighted by Gasteiger charge is 2.16. The zero-order valence-corrected chi connectivity index (χ0v) is 20.6. The summed E-state index contributed by atoms with van der Waals surface area (Å²) in [6, 6.07) is 17.4. The first-order valence-corrected chi connectivity index (χ1v) is 13.6. The molecule has 4 aromatic rings. The molecule has 0 bridgehead atoms. The summed E-state index contributed by atoms with van der Waals surface area (Å²) in [5.41, 5.74) is 0.962. The minimum Gasteiger partial charge on any atom is -0.497 e. The van der Waals surface area contributed by atoms with Crippen molar-refractivity contribution in [1.29, 1.82) is 0 Å². The molecule has 4 rings (SSSR count). The Balaban J connectivity index is 1.41. The number of hydrogen-bond acceptors (Lipinski definition) is 9. The topological polar surface area (TPSA) is 158 Å². The van der Waals surface area contributed by atoms with Gasteiger partial charge in [0.05, 0.1) is 16.9 Å². The number of carbonyl (C=O) groups is 1. The highest BCUT2D eigenvalue weighted by atomic mass is 32.2. The molecular weight excluding hydrogens is 508 g/mol. The third kappa shape index (κ3) is 5.70. The van der Waals surface area contributed by atoms with Gasteiger partial charge in [-0.15, -0.1) is 5.10 Å². The van der Waals surface area contributed by atoms with Crippen LogP contribution in [0.5, 0.6) is 5.75 Å². The Kier molecular flexibility index (Phi) is 6.77. The molecule has 0 radical (unpaired) electrons. The van der Waals surface area contributed by atoms with E-state index in [4.69, 9.17) is 9.15 Å². The van der Waals surface area contributed by atoms with Crippen LogP contribution >= 0.6 is 0 Å². The van der Waals surface area contributed by atoms with Crippen molar-refractivity contribution in [1.82, 2.24) is 10.2 Å². The van der Waals surface area contributed by atoms with Crippen LogP contribution in [0.2, 0.25) is 0 Å². The average Bonchev–Trinajstić information content (AvgIpc) is 3.32. The number of sulfone groups is 1. The Morgan fingerprint density at radius 2 is 1.44 bits per heavy atom. The lowest BCUT2D eigenvalue weighted by Gasteiger charge is -2.09. The van der Waals surface area contributed by atoms with Crippen LogP contribution in [-0.4, -0.2) is 46.3 Å². The summed E-state index contributed by atoms with van der Waals surface area (Å²) in [5, 5.41) is 10.1. The van der Waals surface area contributed by atoms with Crippen LogP contribution in [0.25, 0.3) is 11.5 Å². The van der Waals surface area contributed by atoms with Gasteiger partial charge in [0.15, 0.2) is 9.84 Å². The number of methoxy groups -OCH3 is 1. The van der Waals surface area contributed by atoms with Crippen molar-refractivity contribution in [2.24, 2.45) is 0 Å². The number of anilines is 2. The van der Waals surface area contributed by atoms with Crippen LogP contribution in [0, 0.1) is 0 Å². The number of aromatic nitrogens is 2. The first kappa shape index (κ1) is 24.9. The molecule has 1 amide bonds. The number of amides is 1. The number of nitrogens with one attached hydrogen (secondary N) is 2. The number of nitrogens with zero attached hydrogens (tertiary/aromatic N) is 2. The highest BCUT2D eigenvalue weighted by molar-refractivity contribution is 7.92. The average molecular weight is 529 g/mol. The fourth-order valence-electron chi connectivity index (χ4n) is 3.06. The summed E-state index contributed by atoms with van der Waals surface area (Å²) >= 11 is 0. The first-order valence-electron chi connectivity index (χ1n) is 10.3. The van der Waals surface area contributed by atoms with E-state index >= 15 is 0 Å². The quantitative estimate of drug-likeness (QED) is 0.350. The Hall–Kier alpha value is -4.23. The van der Waals surface area contributed by atoms with Crippen LogP contribution in [0.4, 0.5) is 11.7 Å². The van der Waals surface area contributed by atoms with Crippen molar-refractivity contribution in [2.45, 2.75) is 9.79 Å². The van der Waals surface area contributed by atoms with Gasteiger partial charge in [0.25, 0.3) is 15.9 Å². The van der Waals surface area contributed by atoms with E-state index in [1.165, 1.54) is 79.9 Å². The summed E-state index contributed by atoms with van der Waals surface area (Å²) in [4.78, 5) is 12.7. The SMILES string of the molecule is COc1ccc(S(=O)(=O)Nc2ccc(C(=O)Nc3nnc(-c4ccc(S(C)(=O)=O)cc4)o3)cc2)cc1. The molecule has 0 aliphatic rings. The molecule has 0 aliphatic carbocycles. The molecule has 186 valence electrons. The van der Waals surface area contributed by atoms with Crippen molar-refractivity contribution < 1.29 is 30.8 Å². The summed E-state index contributed by atoms with van der Waals surface area (Å²) in [6.07, 6.45) is 1.10. The summed E-state index contributed by atoms with van der Waals surface area (Å²) in [7, 11) is -5.68. The molecule has 3 aromatic carbocycles. The van der Waals surface area contributed by atoms with Gasteiger partial charge >= 0.3 is 6.01 Å². The standard InChI is InChI=1S/C23H20N4O7S2/c1-33-18-9-13-20(14-10-18)36(31,32)27-17-7-3-15(4-8-17)21(28)24-23-26-25-22(34-23)16-5-11-19(12-6-16)35(2,29)30/h3-14,27H,1-2H3,(H,24,26,28). The van der Waals surface area contributed by atoms with Crippen molar-refractivity contribution in [3.63, 3.8) is 0 Å². The molecule has 2 N–H and O–H groups in total. The molecule has 0 aliphatic heterocycles. The molecule has 0 unspecified atom stereocenters. The first-order chi connectivity index (χ1) is 17.0. The number of hydrogen-bond donors (Lipinski definition) is 2. The molecule has 0 atom stereocenters. The largest absolute Gasteiger partial charge is 0.497 e. The third-order valence-corrected chi connectivity index (χ3v) is 7.47. The van der Waals surface area contributed by atoms with Crippen LogP contribution in [0.1, 0.15) is 10.4 Å². The van der Waals surface area contributed by atoms with Gasteiger partial charge in [0.2, 0.25) is 5.89 Å². The molecular formula is C23H20N4O7S2. The lowest BCUT2D eigenvalue weighted by atomic mass is 10.2. The molecule has 1 heterocycles. The van der Waals surface area contributed by atoms with Gasteiger partial charge in [-0.25, -0.2) is 16.8 Å². The predicted molar refractivity (Wildman–Crippen MR) is 131 cm³/mol. The van der Waals surface area contributed by atoms with Crippen LogP contribution < -0.4 is 14.8 Å². The predicted octanol–water partition coefficient (Wildman–Crippen LogP) is 3.20. The van der Waals surface area contributed by atoms with E-state index in [9.17, 15) is 21.6 Å². The van der Waals surface area contributed by atoms with E-state index < -0.39 is 25.8 Å². The molecule has 0 saturated heterocycles. The number of carbonyl (C=O) groups excluding carboxylic acids is 1. The van der Waals surface area contributed by atoms with E-state index in [0.29, 0.717) is 11.3 Å². The molecule has 0 spiro atoms. The normalized spacial score (nSPS) is 11.6. The van der Waals surface area contributed by atoms with Crippen LogP contribution in [0.15, 0.2) is 87.0 Å². The smallest absolute Gasteiger partial charge is 0.322 e. The van der Waals surface area contributed by atoms with Gasteiger partial charge in [-0.2, -0.15) is 0 Å². The Labute approximate surface area is 207 Å². The minimum absolute atomic E-state index is 0.0586. The van der Waals surface area contributed by atoms with E-state index in [1.54, 1.807) is 0 Å². The van der Waals surface area contributed by atoms with Gasteiger partial charge in [0.1, 0.15) is 5.75 Å². The minimum atomic E-state index is -3.83. The Morgan fingerprint density at radius 1 is 0.833 bits per heavy atom. The van der Waals surface area contributed by atoms with Gasteiger partial charge in [-0.3, -0.25) is 14.8 Å². The highest BCUT2D eigenvalue weighted by Crippen LogP contribution is 2.23. The molecule has 11 nitrogen and oxygen atoms in total. The van der Waals surface area contributed by atoms with Crippen molar-refractivity contribution in [3.05, 3.63) is 78.4 Å². The second-order valence-corrected chi connectivity index (χ2v) is 11.2. The second-order valence-electron chi connectivity index (χ2n) is 7.52. The molecule has 1 aromatic heterocycles. The molecule has 0 fully saturated rings. The molecule has 13 heteroatoms.